The van der Waals surface area contributed by atoms with Crippen LogP contribution in [0.15, 0.2) is 53.0 Å². The fourth-order valence-corrected chi connectivity index (χ4v) is 3.46. The minimum atomic E-state index is 0.0606. The summed E-state index contributed by atoms with van der Waals surface area (Å²) in [6.07, 6.45) is 4.64. The summed E-state index contributed by atoms with van der Waals surface area (Å²) in [5, 5.41) is 0. The van der Waals surface area contributed by atoms with Gasteiger partial charge < -0.3 is 14.2 Å². The van der Waals surface area contributed by atoms with E-state index in [0.29, 0.717) is 5.92 Å². The smallest absolute Gasteiger partial charge is 0.246 e. The molecule has 2 fully saturated rings. The lowest BCUT2D eigenvalue weighted by Gasteiger charge is -2.35. The zero-order valence-corrected chi connectivity index (χ0v) is 14.6. The van der Waals surface area contributed by atoms with Gasteiger partial charge in [0.2, 0.25) is 5.91 Å². The topological polar surface area (TPSA) is 36.7 Å². The number of hydrogen-bond acceptors (Lipinski definition) is 3. The molecule has 0 unspecified atom stereocenters. The molecule has 4 heteroatoms. The number of hydrogen-bond donors (Lipinski definition) is 0. The van der Waals surface area contributed by atoms with E-state index in [1.54, 1.807) is 12.2 Å². The van der Waals surface area contributed by atoms with Gasteiger partial charge in [0.05, 0.1) is 0 Å². The van der Waals surface area contributed by atoms with Crippen molar-refractivity contribution < 1.29 is 9.21 Å². The maximum Gasteiger partial charge on any atom is 0.246 e. The lowest BCUT2D eigenvalue weighted by atomic mass is 10.2. The van der Waals surface area contributed by atoms with Gasteiger partial charge in [0.25, 0.3) is 0 Å². The summed E-state index contributed by atoms with van der Waals surface area (Å²) in [7, 11) is 0. The fourth-order valence-electron chi connectivity index (χ4n) is 3.46. The first kappa shape index (κ1) is 16.0. The van der Waals surface area contributed by atoms with Gasteiger partial charge >= 0.3 is 0 Å². The van der Waals surface area contributed by atoms with Crippen LogP contribution in [0.2, 0.25) is 0 Å². The van der Waals surface area contributed by atoms with Crippen molar-refractivity contribution in [2.45, 2.75) is 19.3 Å². The normalized spacial score (nSPS) is 23.2. The monoisotopic (exact) mass is 336 g/mol. The van der Waals surface area contributed by atoms with Gasteiger partial charge in [-0.05, 0) is 42.7 Å². The van der Waals surface area contributed by atoms with Crippen LogP contribution in [0.25, 0.3) is 6.08 Å². The number of anilines is 1. The molecule has 4 rings (SSSR count). The molecule has 130 valence electrons. The van der Waals surface area contributed by atoms with E-state index in [1.807, 2.05) is 23.1 Å². The van der Waals surface area contributed by atoms with Crippen molar-refractivity contribution in [3.63, 3.8) is 0 Å². The summed E-state index contributed by atoms with van der Waals surface area (Å²) in [6, 6.07) is 14.4. The standard InChI is InChI=1S/C21H24N2O2/c1-16-15-19(16)20-9-7-18(25-20)8-10-21(24)23-13-11-22(12-14-23)17-5-3-2-4-6-17/h2-10,16,19H,11-15H2,1H3/b10-8+/t16-,19-/m1/s1. The van der Waals surface area contributed by atoms with Crippen LogP contribution in [0.1, 0.15) is 30.8 Å². The van der Waals surface area contributed by atoms with Crippen LogP contribution in [0.3, 0.4) is 0 Å². The van der Waals surface area contributed by atoms with E-state index < -0.39 is 0 Å². The Morgan fingerprint density at radius 1 is 1.08 bits per heavy atom. The summed E-state index contributed by atoms with van der Waals surface area (Å²) >= 11 is 0. The molecule has 1 amide bonds. The maximum atomic E-state index is 12.4. The van der Waals surface area contributed by atoms with E-state index >= 15 is 0 Å². The van der Waals surface area contributed by atoms with Crippen molar-refractivity contribution >= 4 is 17.7 Å². The first-order valence-corrected chi connectivity index (χ1v) is 9.07. The predicted octanol–water partition coefficient (Wildman–Crippen LogP) is 3.77. The molecule has 1 saturated carbocycles. The van der Waals surface area contributed by atoms with Gasteiger partial charge in [0, 0.05) is 43.9 Å². The van der Waals surface area contributed by atoms with Crippen molar-refractivity contribution in [2.24, 2.45) is 5.92 Å². The third-order valence-electron chi connectivity index (χ3n) is 5.23. The molecule has 2 atom stereocenters. The molecule has 1 aliphatic heterocycles. The number of benzene rings is 1. The number of carbonyl (C=O) groups excluding carboxylic acids is 1. The number of furan rings is 1. The van der Waals surface area contributed by atoms with Gasteiger partial charge in [-0.2, -0.15) is 0 Å². The van der Waals surface area contributed by atoms with Crippen LogP contribution < -0.4 is 4.90 Å². The molecule has 4 nitrogen and oxygen atoms in total. The summed E-state index contributed by atoms with van der Waals surface area (Å²) in [5.41, 5.74) is 1.22. The van der Waals surface area contributed by atoms with Crippen LogP contribution in [-0.2, 0) is 4.79 Å². The van der Waals surface area contributed by atoms with E-state index in [9.17, 15) is 4.79 Å². The van der Waals surface area contributed by atoms with Gasteiger partial charge in [0.1, 0.15) is 11.5 Å². The average molecular weight is 336 g/mol. The number of piperazine rings is 1. The zero-order valence-electron chi connectivity index (χ0n) is 14.6. The highest BCUT2D eigenvalue weighted by atomic mass is 16.3. The SMILES string of the molecule is C[C@@H]1C[C@H]1c1ccc(/C=C/C(=O)N2CCN(c3ccccc3)CC2)o1. The minimum Gasteiger partial charge on any atom is -0.461 e. The average Bonchev–Trinajstić information content (AvgIpc) is 3.20. The second-order valence-corrected chi connectivity index (χ2v) is 7.04. The quantitative estimate of drug-likeness (QED) is 0.798. The van der Waals surface area contributed by atoms with Gasteiger partial charge in [-0.25, -0.2) is 0 Å². The van der Waals surface area contributed by atoms with Crippen molar-refractivity contribution in [3.05, 3.63) is 60.1 Å². The van der Waals surface area contributed by atoms with E-state index in [4.69, 9.17) is 4.42 Å². The van der Waals surface area contributed by atoms with Crippen LogP contribution in [0, 0.1) is 5.92 Å². The Hall–Kier alpha value is -2.49. The number of amides is 1. The van der Waals surface area contributed by atoms with Crippen molar-refractivity contribution in [2.75, 3.05) is 31.1 Å². The first-order chi connectivity index (χ1) is 12.2. The molecule has 2 heterocycles. The molecule has 2 aromatic rings. The minimum absolute atomic E-state index is 0.0606. The highest BCUT2D eigenvalue weighted by Crippen LogP contribution is 2.47. The van der Waals surface area contributed by atoms with Gasteiger partial charge in [-0.15, -0.1) is 0 Å². The van der Waals surface area contributed by atoms with E-state index in [2.05, 4.69) is 36.1 Å². The van der Waals surface area contributed by atoms with Crippen molar-refractivity contribution in [1.29, 1.82) is 0 Å². The van der Waals surface area contributed by atoms with Crippen LogP contribution >= 0.6 is 0 Å². The zero-order chi connectivity index (χ0) is 17.2. The lowest BCUT2D eigenvalue weighted by Crippen LogP contribution is -2.48. The second kappa shape index (κ2) is 6.79. The Balaban J connectivity index is 1.31. The summed E-state index contributed by atoms with van der Waals surface area (Å²) in [6.45, 7) is 5.48. The van der Waals surface area contributed by atoms with Gasteiger partial charge in [-0.1, -0.05) is 25.1 Å². The summed E-state index contributed by atoms with van der Waals surface area (Å²) in [5.74, 6) is 3.18. The maximum absolute atomic E-state index is 12.4. The first-order valence-electron chi connectivity index (χ1n) is 9.07. The van der Waals surface area contributed by atoms with E-state index in [1.165, 1.54) is 12.1 Å². The number of rotatable bonds is 4. The summed E-state index contributed by atoms with van der Waals surface area (Å²) in [4.78, 5) is 16.6. The third kappa shape index (κ3) is 3.63. The third-order valence-corrected chi connectivity index (χ3v) is 5.23. The van der Waals surface area contributed by atoms with Crippen LogP contribution in [-0.4, -0.2) is 37.0 Å². The molecule has 1 aliphatic carbocycles. The van der Waals surface area contributed by atoms with E-state index in [-0.39, 0.29) is 5.91 Å². The Labute approximate surface area is 148 Å². The Morgan fingerprint density at radius 2 is 1.80 bits per heavy atom. The lowest BCUT2D eigenvalue weighted by molar-refractivity contribution is -0.126. The molecule has 1 aromatic heterocycles. The fraction of sp³-hybridized carbons (Fsp3) is 0.381. The van der Waals surface area contributed by atoms with Crippen LogP contribution in [0.4, 0.5) is 5.69 Å². The summed E-state index contributed by atoms with van der Waals surface area (Å²) < 4.78 is 5.82. The molecular formula is C21H24N2O2. The van der Waals surface area contributed by atoms with Gasteiger partial charge in [-0.3, -0.25) is 4.79 Å². The number of nitrogens with zero attached hydrogens (tertiary/aromatic N) is 2. The molecule has 1 aromatic carbocycles. The molecule has 0 spiro atoms. The van der Waals surface area contributed by atoms with Crippen molar-refractivity contribution in [3.8, 4) is 0 Å². The van der Waals surface area contributed by atoms with Crippen molar-refractivity contribution in [1.82, 2.24) is 4.90 Å². The highest BCUT2D eigenvalue weighted by molar-refractivity contribution is 5.91. The van der Waals surface area contributed by atoms with Crippen LogP contribution in [0.5, 0.6) is 0 Å². The molecule has 2 aliphatic rings. The largest absolute Gasteiger partial charge is 0.461 e. The molecule has 0 N–H and O–H groups in total. The Kier molecular flexibility index (Phi) is 4.35. The number of carbonyl (C=O) groups is 1. The molecule has 0 bridgehead atoms. The molecule has 25 heavy (non-hydrogen) atoms. The second-order valence-electron chi connectivity index (χ2n) is 7.04. The van der Waals surface area contributed by atoms with Gasteiger partial charge in [0.15, 0.2) is 0 Å². The molecule has 0 radical (unpaired) electrons. The molecule has 1 saturated heterocycles. The highest BCUT2D eigenvalue weighted by Gasteiger charge is 2.36. The predicted molar refractivity (Wildman–Crippen MR) is 99.5 cm³/mol. The Morgan fingerprint density at radius 3 is 2.48 bits per heavy atom. The molecular weight excluding hydrogens is 312 g/mol. The Bertz CT molecular complexity index is 757. The van der Waals surface area contributed by atoms with E-state index in [0.717, 1.165) is 43.6 Å². The number of para-hydroxylation sites is 1.